The number of aromatic amines is 1. The van der Waals surface area contributed by atoms with Crippen molar-refractivity contribution in [2.45, 2.75) is 89.8 Å². The molecule has 3 heterocycles. The summed E-state index contributed by atoms with van der Waals surface area (Å²) < 4.78 is 46.3. The van der Waals surface area contributed by atoms with Crippen molar-refractivity contribution in [1.82, 2.24) is 19.5 Å². The van der Waals surface area contributed by atoms with E-state index in [1.54, 1.807) is 21.0 Å². The molecule has 16 heteroatoms. The van der Waals surface area contributed by atoms with Crippen molar-refractivity contribution in [1.29, 1.82) is 0 Å². The number of hydrogen-bond acceptors (Lipinski definition) is 11. The SMILES string of the molecule is COc1ccc(C(OC[C@H]2O[C@@H](n3cnc4c(=O)[nH]c(NC(=O)C(C)C)nc43)[C@@H](O[P+](=O)[O-])C2O[Si](C)(C)C(C)(C)C)(c2ccccc2)c2ccc(C)cc2)cc1. The largest absolute Gasteiger partial charge is 0.566 e. The molecular weight excluding hydrogens is 766 g/mol. The topological polar surface area (TPSA) is 179 Å². The van der Waals surface area contributed by atoms with Gasteiger partial charge in [0.15, 0.2) is 31.8 Å². The Labute approximate surface area is 334 Å². The van der Waals surface area contributed by atoms with Gasteiger partial charge in [0.25, 0.3) is 5.56 Å². The van der Waals surface area contributed by atoms with Gasteiger partial charge in [-0.05, 0) is 58.4 Å². The van der Waals surface area contributed by atoms with Gasteiger partial charge in [-0.25, -0.2) is 4.98 Å². The summed E-state index contributed by atoms with van der Waals surface area (Å²) in [6, 6.07) is 25.6. The molecule has 6 rings (SSSR count). The van der Waals surface area contributed by atoms with Crippen LogP contribution >= 0.6 is 8.25 Å². The Morgan fingerprint density at radius 2 is 1.61 bits per heavy atom. The third-order valence-corrected chi connectivity index (χ3v) is 15.7. The van der Waals surface area contributed by atoms with E-state index in [9.17, 15) is 19.0 Å². The second kappa shape index (κ2) is 16.7. The number of rotatable bonds is 14. The third-order valence-electron chi connectivity index (χ3n) is 10.8. The molecule has 6 atom stereocenters. The minimum atomic E-state index is -3.43. The van der Waals surface area contributed by atoms with Crippen LogP contribution in [0.3, 0.4) is 0 Å². The molecule has 0 radical (unpaired) electrons. The average molecular weight is 816 g/mol. The van der Waals surface area contributed by atoms with Crippen molar-refractivity contribution >= 4 is 39.6 Å². The molecule has 3 unspecified atom stereocenters. The van der Waals surface area contributed by atoms with Gasteiger partial charge in [-0.2, -0.15) is 4.98 Å². The Hall–Kier alpha value is -4.60. The van der Waals surface area contributed by atoms with Crippen LogP contribution in [0.5, 0.6) is 5.75 Å². The number of carbonyl (C=O) groups is 1. The molecule has 14 nitrogen and oxygen atoms in total. The molecule has 0 bridgehead atoms. The lowest BCUT2D eigenvalue weighted by molar-refractivity contribution is -0.194. The van der Waals surface area contributed by atoms with E-state index in [2.05, 4.69) is 54.1 Å². The van der Waals surface area contributed by atoms with Crippen LogP contribution in [0, 0.1) is 12.8 Å². The molecule has 0 saturated carbocycles. The summed E-state index contributed by atoms with van der Waals surface area (Å²) in [4.78, 5) is 49.7. The van der Waals surface area contributed by atoms with Crippen LogP contribution in [0.1, 0.15) is 63.1 Å². The standard InChI is InChI=1S/C41H50N5O9PSi/c1-25(2)36(47)44-39-43-35-32(37(48)45-39)42-24-46(35)38-34(54-56(49)50)33(55-57(8,9)40(4,5)6)31(53-38)23-52-41(27-13-11-10-12-14-27,28-17-15-26(3)16-18-28)29-19-21-30(51-7)22-20-29/h10-22,24-25,31,33-34,38H,23H2,1-9H3,(H2,43,44,45,47,48)/t31-,33?,34+,38-,41?/m1/s1. The highest BCUT2D eigenvalue weighted by atomic mass is 31.1. The first kappa shape index (κ1) is 42.0. The van der Waals surface area contributed by atoms with Gasteiger partial charge in [0.05, 0.1) is 20.0 Å². The number of hydrogen-bond donors (Lipinski definition) is 2. The first-order chi connectivity index (χ1) is 26.9. The highest BCUT2D eigenvalue weighted by Gasteiger charge is 2.55. The molecule has 57 heavy (non-hydrogen) atoms. The molecule has 1 saturated heterocycles. The fourth-order valence-corrected chi connectivity index (χ4v) is 8.36. The van der Waals surface area contributed by atoms with Gasteiger partial charge in [-0.3, -0.25) is 24.5 Å². The van der Waals surface area contributed by atoms with Crippen LogP contribution in [0.25, 0.3) is 11.2 Å². The lowest BCUT2D eigenvalue weighted by Gasteiger charge is -2.41. The summed E-state index contributed by atoms with van der Waals surface area (Å²) in [7, 11) is -4.49. The highest BCUT2D eigenvalue weighted by molar-refractivity contribution is 7.30. The summed E-state index contributed by atoms with van der Waals surface area (Å²) >= 11 is 0. The molecule has 5 aromatic rings. The number of nitrogens with zero attached hydrogens (tertiary/aromatic N) is 3. The summed E-state index contributed by atoms with van der Waals surface area (Å²) in [5, 5.41) is 2.33. The molecule has 0 aliphatic carbocycles. The average Bonchev–Trinajstić information content (AvgIpc) is 3.73. The van der Waals surface area contributed by atoms with E-state index in [0.29, 0.717) is 5.75 Å². The number of nitrogens with one attached hydrogen (secondary N) is 2. The van der Waals surface area contributed by atoms with Gasteiger partial charge in [0.2, 0.25) is 11.9 Å². The van der Waals surface area contributed by atoms with E-state index in [1.807, 2.05) is 85.8 Å². The molecule has 3 aromatic carbocycles. The number of carbonyl (C=O) groups excluding carboxylic acids is 1. The second-order valence-electron chi connectivity index (χ2n) is 16.0. The highest BCUT2D eigenvalue weighted by Crippen LogP contribution is 2.46. The molecule has 1 amide bonds. The fourth-order valence-electron chi connectivity index (χ4n) is 6.61. The lowest BCUT2D eigenvalue weighted by Crippen LogP contribution is -2.50. The summed E-state index contributed by atoms with van der Waals surface area (Å²) in [6.45, 7) is 15.7. The maximum absolute atomic E-state index is 13.2. The van der Waals surface area contributed by atoms with Crippen LogP contribution in [0.4, 0.5) is 5.95 Å². The predicted octanol–water partition coefficient (Wildman–Crippen LogP) is 6.73. The number of anilines is 1. The van der Waals surface area contributed by atoms with Crippen molar-refractivity contribution in [2.75, 3.05) is 19.0 Å². The zero-order valence-electron chi connectivity index (χ0n) is 33.6. The minimum absolute atomic E-state index is 0.0432. The van der Waals surface area contributed by atoms with E-state index in [-0.39, 0.29) is 34.7 Å². The molecular formula is C41H50N5O9PSi. The zero-order valence-corrected chi connectivity index (χ0v) is 35.5. The quantitative estimate of drug-likeness (QED) is 0.0690. The number of methoxy groups -OCH3 is 1. The van der Waals surface area contributed by atoms with Gasteiger partial charge >= 0.3 is 8.25 Å². The number of imidazole rings is 1. The molecule has 302 valence electrons. The van der Waals surface area contributed by atoms with Gasteiger partial charge in [-0.15, -0.1) is 4.52 Å². The van der Waals surface area contributed by atoms with Gasteiger partial charge < -0.3 is 23.5 Å². The van der Waals surface area contributed by atoms with Crippen molar-refractivity contribution in [3.05, 3.63) is 118 Å². The van der Waals surface area contributed by atoms with Crippen LogP contribution in [0.15, 0.2) is 90.0 Å². The van der Waals surface area contributed by atoms with E-state index >= 15 is 0 Å². The minimum Gasteiger partial charge on any atom is -0.566 e. The summed E-state index contributed by atoms with van der Waals surface area (Å²) in [5.41, 5.74) is 1.76. The van der Waals surface area contributed by atoms with Gasteiger partial charge in [-0.1, -0.05) is 107 Å². The maximum Gasteiger partial charge on any atom is 0.489 e. The van der Waals surface area contributed by atoms with Crippen molar-refractivity contribution < 1.29 is 37.4 Å². The van der Waals surface area contributed by atoms with Crippen molar-refractivity contribution in [3.63, 3.8) is 0 Å². The Morgan fingerprint density at radius 1 is 1.00 bits per heavy atom. The maximum atomic E-state index is 13.2. The number of fused-ring (bicyclic) bond motifs is 1. The number of benzene rings is 3. The molecule has 1 aliphatic heterocycles. The first-order valence-corrected chi connectivity index (χ1v) is 22.8. The van der Waals surface area contributed by atoms with Crippen molar-refractivity contribution in [3.8, 4) is 5.75 Å². The molecule has 1 aliphatic rings. The number of aromatic nitrogens is 4. The van der Waals surface area contributed by atoms with E-state index in [4.69, 9.17) is 23.2 Å². The summed E-state index contributed by atoms with van der Waals surface area (Å²) in [5.74, 6) is -0.182. The smallest absolute Gasteiger partial charge is 0.489 e. The molecule has 0 spiro atoms. The molecule has 1 fully saturated rings. The van der Waals surface area contributed by atoms with Crippen LogP contribution < -0.4 is 20.5 Å². The fraction of sp³-hybridized carbons (Fsp3) is 0.415. The molecule has 2 aromatic heterocycles. The zero-order chi connectivity index (χ0) is 41.3. The lowest BCUT2D eigenvalue weighted by atomic mass is 9.79. The second-order valence-corrected chi connectivity index (χ2v) is 21.5. The molecule has 2 N–H and O–H groups in total. The normalized spacial score (nSPS) is 20.1. The van der Waals surface area contributed by atoms with Gasteiger partial charge in [0.1, 0.15) is 23.6 Å². The van der Waals surface area contributed by atoms with E-state index < -0.39 is 58.2 Å². The van der Waals surface area contributed by atoms with E-state index in [1.165, 1.54) is 10.9 Å². The van der Waals surface area contributed by atoms with E-state index in [0.717, 1.165) is 22.3 Å². The third kappa shape index (κ3) is 8.65. The van der Waals surface area contributed by atoms with Gasteiger partial charge in [0, 0.05) is 5.92 Å². The number of aryl methyl sites for hydroxylation is 1. The number of H-pyrrole nitrogens is 1. The van der Waals surface area contributed by atoms with Crippen LogP contribution in [-0.2, 0) is 33.4 Å². The number of amides is 1. The van der Waals surface area contributed by atoms with Crippen LogP contribution in [-0.4, -0.2) is 65.8 Å². The van der Waals surface area contributed by atoms with Crippen LogP contribution in [0.2, 0.25) is 18.1 Å². The Balaban J connectivity index is 1.50. The first-order valence-electron chi connectivity index (χ1n) is 18.8. The summed E-state index contributed by atoms with van der Waals surface area (Å²) in [6.07, 6.45) is -3.03. The Morgan fingerprint density at radius 3 is 2.19 bits per heavy atom. The monoisotopic (exact) mass is 815 g/mol. The number of ether oxygens (including phenoxy) is 3. The predicted molar refractivity (Wildman–Crippen MR) is 217 cm³/mol. The Kier molecular flexibility index (Phi) is 12.3. The van der Waals surface area contributed by atoms with Crippen molar-refractivity contribution in [2.24, 2.45) is 5.92 Å². The Bertz CT molecular complexity index is 2260.